The Hall–Kier alpha value is -2.63. The van der Waals surface area contributed by atoms with E-state index in [1.165, 1.54) is 23.2 Å². The molecule has 0 saturated carbocycles. The summed E-state index contributed by atoms with van der Waals surface area (Å²) in [5.74, 6) is -0.631. The monoisotopic (exact) mass is 289 g/mol. The first-order valence-corrected chi connectivity index (χ1v) is 6.46. The van der Waals surface area contributed by atoms with Crippen molar-refractivity contribution < 1.29 is 13.9 Å². The number of halogens is 1. The first kappa shape index (κ1) is 14.8. The maximum atomic E-state index is 13.8. The van der Waals surface area contributed by atoms with Gasteiger partial charge in [0.25, 0.3) is 0 Å². The number of ether oxygens (including phenoxy) is 1. The maximum absolute atomic E-state index is 13.8. The molecular weight excluding hydrogens is 273 g/mol. The second-order valence-corrected chi connectivity index (χ2v) is 4.33. The van der Waals surface area contributed by atoms with E-state index in [0.717, 1.165) is 0 Å². The van der Waals surface area contributed by atoms with Crippen LogP contribution in [0.5, 0.6) is 0 Å². The van der Waals surface area contributed by atoms with Crippen molar-refractivity contribution in [2.75, 3.05) is 24.3 Å². The molecule has 21 heavy (non-hydrogen) atoms. The minimum absolute atomic E-state index is 0.154. The molecular formula is C15H16FN3O2. The van der Waals surface area contributed by atoms with Crippen LogP contribution in [-0.4, -0.2) is 24.6 Å². The third-order valence-electron chi connectivity index (χ3n) is 3.00. The number of nitrogens with two attached hydrogens (primary N) is 1. The van der Waals surface area contributed by atoms with Crippen molar-refractivity contribution >= 4 is 23.2 Å². The zero-order valence-corrected chi connectivity index (χ0v) is 11.8. The Bertz CT molecular complexity index is 661. The number of para-hydroxylation sites is 1. The van der Waals surface area contributed by atoms with Gasteiger partial charge in [-0.25, -0.2) is 14.2 Å². The quantitative estimate of drug-likeness (QED) is 0.876. The third-order valence-corrected chi connectivity index (χ3v) is 3.00. The largest absolute Gasteiger partial charge is 0.462 e. The number of hydrogen-bond acceptors (Lipinski definition) is 5. The van der Waals surface area contributed by atoms with E-state index in [2.05, 4.69) is 4.98 Å². The van der Waals surface area contributed by atoms with Crippen molar-refractivity contribution in [2.45, 2.75) is 6.92 Å². The van der Waals surface area contributed by atoms with Crippen LogP contribution in [0.15, 0.2) is 36.5 Å². The molecule has 110 valence electrons. The predicted octanol–water partition coefficient (Wildman–Crippen LogP) is 2.75. The molecule has 2 aromatic rings. The summed E-state index contributed by atoms with van der Waals surface area (Å²) in [7, 11) is 1.63. The number of nitrogen functional groups attached to an aromatic ring is 1. The Balaban J connectivity index is 2.43. The van der Waals surface area contributed by atoms with Gasteiger partial charge in [0.2, 0.25) is 0 Å². The third kappa shape index (κ3) is 2.94. The average Bonchev–Trinajstić information content (AvgIpc) is 2.47. The van der Waals surface area contributed by atoms with Crippen molar-refractivity contribution in [3.8, 4) is 0 Å². The Kier molecular flexibility index (Phi) is 4.37. The molecule has 0 aliphatic heterocycles. The molecule has 0 fully saturated rings. The maximum Gasteiger partial charge on any atom is 0.340 e. The number of carbonyl (C=O) groups excluding carboxylic acids is 1. The van der Waals surface area contributed by atoms with Crippen molar-refractivity contribution in [1.82, 2.24) is 4.98 Å². The van der Waals surface area contributed by atoms with Gasteiger partial charge in [0.1, 0.15) is 5.82 Å². The van der Waals surface area contributed by atoms with Crippen LogP contribution in [0.3, 0.4) is 0 Å². The standard InChI is InChI=1S/C15H16FN3O2/c1-3-21-15(20)10-8-9-18-14(13(10)17)19(2)12-7-5-4-6-11(12)16/h4-9H,3,17H2,1-2H3. The van der Waals surface area contributed by atoms with Crippen molar-refractivity contribution in [1.29, 1.82) is 0 Å². The zero-order chi connectivity index (χ0) is 15.4. The molecule has 1 heterocycles. The number of carbonyl (C=O) groups is 1. The van der Waals surface area contributed by atoms with Gasteiger partial charge in [0, 0.05) is 13.2 Å². The normalized spacial score (nSPS) is 10.2. The van der Waals surface area contributed by atoms with Gasteiger partial charge >= 0.3 is 5.97 Å². The van der Waals surface area contributed by atoms with E-state index in [0.29, 0.717) is 11.5 Å². The average molecular weight is 289 g/mol. The van der Waals surface area contributed by atoms with E-state index in [1.54, 1.807) is 32.2 Å². The summed E-state index contributed by atoms with van der Waals surface area (Å²) in [5.41, 5.74) is 6.66. The lowest BCUT2D eigenvalue weighted by Gasteiger charge is -2.21. The van der Waals surface area contributed by atoms with Gasteiger partial charge in [-0.3, -0.25) is 0 Å². The van der Waals surface area contributed by atoms with Crippen LogP contribution in [0.2, 0.25) is 0 Å². The Morgan fingerprint density at radius 3 is 2.76 bits per heavy atom. The molecule has 1 aromatic heterocycles. The van der Waals surface area contributed by atoms with E-state index in [1.807, 2.05) is 0 Å². The molecule has 0 radical (unpaired) electrons. The molecule has 5 nitrogen and oxygen atoms in total. The summed E-state index contributed by atoms with van der Waals surface area (Å²) in [6, 6.07) is 7.73. The first-order chi connectivity index (χ1) is 10.1. The molecule has 0 aliphatic rings. The highest BCUT2D eigenvalue weighted by Gasteiger charge is 2.19. The summed E-state index contributed by atoms with van der Waals surface area (Å²) < 4.78 is 18.8. The number of nitrogens with zero attached hydrogens (tertiary/aromatic N) is 2. The Labute approximate surface area is 122 Å². The van der Waals surface area contributed by atoms with Gasteiger partial charge < -0.3 is 15.4 Å². The van der Waals surface area contributed by atoms with Gasteiger partial charge in [0.05, 0.1) is 23.5 Å². The molecule has 0 bridgehead atoms. The van der Waals surface area contributed by atoms with Crippen LogP contribution in [0.25, 0.3) is 0 Å². The van der Waals surface area contributed by atoms with Crippen LogP contribution < -0.4 is 10.6 Å². The van der Waals surface area contributed by atoms with E-state index < -0.39 is 11.8 Å². The second-order valence-electron chi connectivity index (χ2n) is 4.33. The van der Waals surface area contributed by atoms with Crippen LogP contribution in [0.4, 0.5) is 21.6 Å². The lowest BCUT2D eigenvalue weighted by Crippen LogP contribution is -2.17. The van der Waals surface area contributed by atoms with E-state index in [-0.39, 0.29) is 17.9 Å². The predicted molar refractivity (Wildman–Crippen MR) is 79.1 cm³/mol. The van der Waals surface area contributed by atoms with Gasteiger partial charge in [-0.15, -0.1) is 0 Å². The highest BCUT2D eigenvalue weighted by Crippen LogP contribution is 2.30. The van der Waals surface area contributed by atoms with E-state index in [9.17, 15) is 9.18 Å². The molecule has 0 unspecified atom stereocenters. The molecule has 1 aromatic carbocycles. The van der Waals surface area contributed by atoms with Gasteiger partial charge in [-0.05, 0) is 25.1 Å². The lowest BCUT2D eigenvalue weighted by atomic mass is 10.2. The fourth-order valence-electron chi connectivity index (χ4n) is 1.95. The number of benzene rings is 1. The smallest absolute Gasteiger partial charge is 0.340 e. The van der Waals surface area contributed by atoms with Crippen molar-refractivity contribution in [3.05, 3.63) is 47.9 Å². The minimum Gasteiger partial charge on any atom is -0.462 e. The summed E-state index contributed by atoms with van der Waals surface area (Å²) >= 11 is 0. The Morgan fingerprint density at radius 1 is 1.38 bits per heavy atom. The summed E-state index contributed by atoms with van der Waals surface area (Å²) in [6.07, 6.45) is 1.44. The highest BCUT2D eigenvalue weighted by atomic mass is 19.1. The van der Waals surface area contributed by atoms with Crippen molar-refractivity contribution in [3.63, 3.8) is 0 Å². The Morgan fingerprint density at radius 2 is 2.10 bits per heavy atom. The molecule has 2 N–H and O–H groups in total. The highest BCUT2D eigenvalue weighted by molar-refractivity contribution is 5.98. The molecule has 0 aliphatic carbocycles. The van der Waals surface area contributed by atoms with Crippen LogP contribution >= 0.6 is 0 Å². The van der Waals surface area contributed by atoms with Gasteiger partial charge in [-0.2, -0.15) is 0 Å². The van der Waals surface area contributed by atoms with Crippen molar-refractivity contribution in [2.24, 2.45) is 0 Å². The molecule has 0 spiro atoms. The zero-order valence-electron chi connectivity index (χ0n) is 11.8. The number of esters is 1. The van der Waals surface area contributed by atoms with Gasteiger partial charge in [-0.1, -0.05) is 12.1 Å². The molecule has 0 amide bonds. The minimum atomic E-state index is -0.527. The number of aromatic nitrogens is 1. The van der Waals surface area contributed by atoms with E-state index >= 15 is 0 Å². The lowest BCUT2D eigenvalue weighted by molar-refractivity contribution is 0.0527. The summed E-state index contributed by atoms with van der Waals surface area (Å²) in [5, 5.41) is 0. The molecule has 6 heteroatoms. The number of hydrogen-bond donors (Lipinski definition) is 1. The van der Waals surface area contributed by atoms with Gasteiger partial charge in [0.15, 0.2) is 5.82 Å². The fraction of sp³-hybridized carbons (Fsp3) is 0.200. The number of pyridine rings is 1. The second kappa shape index (κ2) is 6.21. The van der Waals surface area contributed by atoms with E-state index in [4.69, 9.17) is 10.5 Å². The molecule has 0 atom stereocenters. The number of rotatable bonds is 4. The first-order valence-electron chi connectivity index (χ1n) is 6.46. The van der Waals surface area contributed by atoms with Crippen LogP contribution in [0, 0.1) is 5.82 Å². The van der Waals surface area contributed by atoms with Crippen LogP contribution in [-0.2, 0) is 4.74 Å². The molecule has 2 rings (SSSR count). The summed E-state index contributed by atoms with van der Waals surface area (Å²) in [6.45, 7) is 1.96. The topological polar surface area (TPSA) is 68.5 Å². The SMILES string of the molecule is CCOC(=O)c1ccnc(N(C)c2ccccc2F)c1N. The number of anilines is 3. The fourth-order valence-corrected chi connectivity index (χ4v) is 1.95. The summed E-state index contributed by atoms with van der Waals surface area (Å²) in [4.78, 5) is 17.4. The van der Waals surface area contributed by atoms with Crippen LogP contribution in [0.1, 0.15) is 17.3 Å². The molecule has 0 saturated heterocycles.